The number of allylic oxidation sites excluding steroid dienone is 3. The topological polar surface area (TPSA) is 6.48 Å². The lowest BCUT2D eigenvalue weighted by atomic mass is 9.82. The van der Waals surface area contributed by atoms with E-state index in [4.69, 9.17) is 0 Å². The van der Waals surface area contributed by atoms with Crippen molar-refractivity contribution in [2.24, 2.45) is 5.92 Å². The Morgan fingerprint density at radius 1 is 0.578 bits per heavy atom. The standard InChI is InChI=1S/C43H42N2/c1-7-32-13-20-35(21-14-32)44(33-15-8-29(2)9-16-33)37-22-24-39-40-25-23-38(28-42(40)43(5,6)41(39)27-37)45(36-19-12-31(4)26-36)34-17-10-30(3)11-18-34/h8-28,31H,7H2,1-6H3. The van der Waals surface area contributed by atoms with Crippen molar-refractivity contribution in [3.63, 3.8) is 0 Å². The SMILES string of the molecule is CCc1ccc(N(c2ccc(C)cc2)c2ccc3c(c2)C(C)(C)c2cc(N(C4=CC(C)C=C4)c4ccc(C)cc4)ccc2-3)cc1. The number of aryl methyl sites for hydroxylation is 3. The number of nitrogens with zero attached hydrogens (tertiary/aromatic N) is 2. The van der Waals surface area contributed by atoms with Gasteiger partial charge in [0.1, 0.15) is 0 Å². The van der Waals surface area contributed by atoms with Crippen LogP contribution in [0, 0.1) is 19.8 Å². The predicted octanol–water partition coefficient (Wildman–Crippen LogP) is 11.9. The second kappa shape index (κ2) is 11.3. The first-order valence-electron chi connectivity index (χ1n) is 16.2. The van der Waals surface area contributed by atoms with E-state index in [9.17, 15) is 0 Å². The molecule has 0 saturated heterocycles. The first-order valence-corrected chi connectivity index (χ1v) is 16.2. The van der Waals surface area contributed by atoms with Gasteiger partial charge in [0.25, 0.3) is 0 Å². The molecule has 0 bridgehead atoms. The molecular formula is C43H42N2. The monoisotopic (exact) mass is 586 g/mol. The second-order valence-electron chi connectivity index (χ2n) is 13.3. The molecule has 2 aliphatic rings. The van der Waals surface area contributed by atoms with Crippen LogP contribution in [0.15, 0.2) is 133 Å². The largest absolute Gasteiger partial charge is 0.311 e. The molecule has 1 unspecified atom stereocenters. The molecule has 2 heteroatoms. The highest BCUT2D eigenvalue weighted by atomic mass is 15.2. The molecule has 0 amide bonds. The summed E-state index contributed by atoms with van der Waals surface area (Å²) in [4.78, 5) is 4.80. The van der Waals surface area contributed by atoms with E-state index in [-0.39, 0.29) is 5.41 Å². The van der Waals surface area contributed by atoms with Gasteiger partial charge in [-0.3, -0.25) is 0 Å². The number of anilines is 5. The van der Waals surface area contributed by atoms with Crippen LogP contribution in [0.5, 0.6) is 0 Å². The van der Waals surface area contributed by atoms with Crippen LogP contribution in [-0.2, 0) is 11.8 Å². The highest BCUT2D eigenvalue weighted by Crippen LogP contribution is 2.52. The van der Waals surface area contributed by atoms with Gasteiger partial charge in [-0.2, -0.15) is 0 Å². The zero-order valence-corrected chi connectivity index (χ0v) is 27.3. The molecule has 45 heavy (non-hydrogen) atoms. The third kappa shape index (κ3) is 5.19. The van der Waals surface area contributed by atoms with Crippen molar-refractivity contribution in [1.29, 1.82) is 0 Å². The van der Waals surface area contributed by atoms with Crippen molar-refractivity contribution in [2.75, 3.05) is 9.80 Å². The Kier molecular flexibility index (Phi) is 7.25. The van der Waals surface area contributed by atoms with Crippen LogP contribution in [0.2, 0.25) is 0 Å². The molecule has 0 heterocycles. The zero-order valence-electron chi connectivity index (χ0n) is 27.3. The van der Waals surface area contributed by atoms with E-state index < -0.39 is 0 Å². The van der Waals surface area contributed by atoms with Crippen molar-refractivity contribution < 1.29 is 0 Å². The highest BCUT2D eigenvalue weighted by molar-refractivity contribution is 5.87. The second-order valence-corrected chi connectivity index (χ2v) is 13.3. The molecule has 0 saturated carbocycles. The fourth-order valence-electron chi connectivity index (χ4n) is 6.93. The average molecular weight is 587 g/mol. The van der Waals surface area contributed by atoms with Gasteiger partial charge in [0.2, 0.25) is 0 Å². The van der Waals surface area contributed by atoms with Crippen LogP contribution in [0.1, 0.15) is 55.5 Å². The van der Waals surface area contributed by atoms with Gasteiger partial charge in [-0.25, -0.2) is 0 Å². The molecular weight excluding hydrogens is 544 g/mol. The van der Waals surface area contributed by atoms with Gasteiger partial charge in [-0.05, 0) is 121 Å². The van der Waals surface area contributed by atoms with Gasteiger partial charge < -0.3 is 9.80 Å². The Bertz CT molecular complexity index is 1920. The van der Waals surface area contributed by atoms with Gasteiger partial charge in [0.15, 0.2) is 0 Å². The molecule has 2 aliphatic carbocycles. The third-order valence-corrected chi connectivity index (χ3v) is 9.61. The van der Waals surface area contributed by atoms with E-state index in [0.717, 1.165) is 6.42 Å². The Labute approximate surface area is 269 Å². The average Bonchev–Trinajstić information content (AvgIpc) is 3.57. The van der Waals surface area contributed by atoms with E-state index in [1.165, 1.54) is 73.1 Å². The summed E-state index contributed by atoms with van der Waals surface area (Å²) < 4.78 is 0. The number of benzene rings is 5. The lowest BCUT2D eigenvalue weighted by molar-refractivity contribution is 0.660. The van der Waals surface area contributed by atoms with Crippen molar-refractivity contribution >= 4 is 28.4 Å². The molecule has 224 valence electrons. The lowest BCUT2D eigenvalue weighted by Crippen LogP contribution is -2.18. The fraction of sp³-hybridized carbons (Fsp3) is 0.209. The van der Waals surface area contributed by atoms with Gasteiger partial charge in [-0.15, -0.1) is 0 Å². The summed E-state index contributed by atoms with van der Waals surface area (Å²) in [5, 5.41) is 0. The summed E-state index contributed by atoms with van der Waals surface area (Å²) in [5.74, 6) is 0.427. The Balaban J connectivity index is 1.32. The number of hydrogen-bond acceptors (Lipinski definition) is 2. The molecule has 0 fully saturated rings. The normalized spacial score (nSPS) is 15.9. The van der Waals surface area contributed by atoms with Gasteiger partial charge in [0, 0.05) is 39.5 Å². The van der Waals surface area contributed by atoms with Crippen LogP contribution < -0.4 is 9.80 Å². The van der Waals surface area contributed by atoms with Gasteiger partial charge in [-0.1, -0.05) is 99.5 Å². The van der Waals surface area contributed by atoms with Crippen molar-refractivity contribution in [2.45, 2.75) is 53.4 Å². The summed E-state index contributed by atoms with van der Waals surface area (Å²) in [7, 11) is 0. The molecule has 1 atom stereocenters. The van der Waals surface area contributed by atoms with E-state index in [1.807, 2.05) is 0 Å². The van der Waals surface area contributed by atoms with Crippen molar-refractivity contribution in [3.05, 3.63) is 161 Å². The molecule has 2 nitrogen and oxygen atoms in total. The van der Waals surface area contributed by atoms with Crippen molar-refractivity contribution in [1.82, 2.24) is 0 Å². The minimum absolute atomic E-state index is 0.159. The number of fused-ring (bicyclic) bond motifs is 3. The molecule has 5 aromatic rings. The summed E-state index contributed by atoms with van der Waals surface area (Å²) in [5.41, 5.74) is 16.2. The molecule has 0 radical (unpaired) electrons. The smallest absolute Gasteiger partial charge is 0.0465 e. The summed E-state index contributed by atoms with van der Waals surface area (Å²) in [6, 6.07) is 40.9. The number of rotatable bonds is 7. The summed E-state index contributed by atoms with van der Waals surface area (Å²) >= 11 is 0. The third-order valence-electron chi connectivity index (χ3n) is 9.61. The predicted molar refractivity (Wildman–Crippen MR) is 193 cm³/mol. The summed E-state index contributed by atoms with van der Waals surface area (Å²) in [6.45, 7) is 13.5. The van der Waals surface area contributed by atoms with Crippen LogP contribution in [0.3, 0.4) is 0 Å². The van der Waals surface area contributed by atoms with E-state index >= 15 is 0 Å². The molecule has 5 aromatic carbocycles. The quantitative estimate of drug-likeness (QED) is 0.187. The fourth-order valence-corrected chi connectivity index (χ4v) is 6.93. The molecule has 7 rings (SSSR count). The Hall–Kier alpha value is -4.82. The van der Waals surface area contributed by atoms with Crippen LogP contribution in [0.4, 0.5) is 28.4 Å². The van der Waals surface area contributed by atoms with Gasteiger partial charge >= 0.3 is 0 Å². The van der Waals surface area contributed by atoms with Crippen LogP contribution in [0.25, 0.3) is 11.1 Å². The first-order chi connectivity index (χ1) is 21.7. The number of hydrogen-bond donors (Lipinski definition) is 0. The Morgan fingerprint density at radius 2 is 1.02 bits per heavy atom. The zero-order chi connectivity index (χ0) is 31.3. The molecule has 0 aromatic heterocycles. The molecule has 0 aliphatic heterocycles. The maximum atomic E-state index is 2.42. The van der Waals surface area contributed by atoms with Crippen LogP contribution >= 0.6 is 0 Å². The maximum Gasteiger partial charge on any atom is 0.0465 e. The first kappa shape index (κ1) is 28.9. The molecule has 0 spiro atoms. The van der Waals surface area contributed by atoms with E-state index in [2.05, 4.69) is 179 Å². The van der Waals surface area contributed by atoms with Gasteiger partial charge in [0.05, 0.1) is 0 Å². The minimum atomic E-state index is -0.159. The lowest BCUT2D eigenvalue weighted by Gasteiger charge is -2.29. The summed E-state index contributed by atoms with van der Waals surface area (Å²) in [6.07, 6.45) is 7.93. The van der Waals surface area contributed by atoms with E-state index in [0.29, 0.717) is 5.92 Å². The Morgan fingerprint density at radius 3 is 1.49 bits per heavy atom. The highest BCUT2D eigenvalue weighted by Gasteiger charge is 2.37. The van der Waals surface area contributed by atoms with Crippen LogP contribution in [-0.4, -0.2) is 0 Å². The van der Waals surface area contributed by atoms with Crippen molar-refractivity contribution in [3.8, 4) is 11.1 Å². The maximum absolute atomic E-state index is 2.42. The molecule has 0 N–H and O–H groups in total. The minimum Gasteiger partial charge on any atom is -0.311 e. The van der Waals surface area contributed by atoms with E-state index in [1.54, 1.807) is 0 Å².